The molecule has 0 aliphatic carbocycles. The lowest BCUT2D eigenvalue weighted by molar-refractivity contribution is 0.475. The highest BCUT2D eigenvalue weighted by Crippen LogP contribution is 2.27. The van der Waals surface area contributed by atoms with Crippen LogP contribution in [0.1, 0.15) is 24.9 Å². The van der Waals surface area contributed by atoms with Crippen LogP contribution in [0.15, 0.2) is 30.4 Å². The summed E-state index contributed by atoms with van der Waals surface area (Å²) in [6, 6.07) is 4.90. The number of benzene rings is 1. The SMILES string of the molecule is C=C(C)C[C@H](N)c1ccc(O)c(Cl)c1.Cl. The van der Waals surface area contributed by atoms with Crippen LogP contribution in [0.4, 0.5) is 0 Å². The topological polar surface area (TPSA) is 46.2 Å². The second kappa shape index (κ2) is 6.01. The largest absolute Gasteiger partial charge is 0.506 e. The Morgan fingerprint density at radius 3 is 2.67 bits per heavy atom. The zero-order valence-corrected chi connectivity index (χ0v) is 10.1. The van der Waals surface area contributed by atoms with E-state index in [4.69, 9.17) is 17.3 Å². The van der Waals surface area contributed by atoms with Gasteiger partial charge in [-0.15, -0.1) is 19.0 Å². The van der Waals surface area contributed by atoms with Gasteiger partial charge in [0.25, 0.3) is 0 Å². The van der Waals surface area contributed by atoms with E-state index in [0.717, 1.165) is 17.6 Å². The lowest BCUT2D eigenvalue weighted by atomic mass is 10.0. The molecule has 0 spiro atoms. The minimum atomic E-state index is -0.106. The van der Waals surface area contributed by atoms with Gasteiger partial charge in [-0.2, -0.15) is 0 Å². The van der Waals surface area contributed by atoms with Crippen LogP contribution in [0.5, 0.6) is 5.75 Å². The number of phenols is 1. The monoisotopic (exact) mass is 247 g/mol. The number of hydrogen-bond acceptors (Lipinski definition) is 2. The fourth-order valence-electron chi connectivity index (χ4n) is 1.25. The summed E-state index contributed by atoms with van der Waals surface area (Å²) in [6.07, 6.45) is 0.723. The molecule has 0 radical (unpaired) electrons. The molecule has 3 N–H and O–H groups in total. The predicted molar refractivity (Wildman–Crippen MR) is 66.7 cm³/mol. The lowest BCUT2D eigenvalue weighted by Crippen LogP contribution is -2.10. The Labute approximate surface area is 101 Å². The third kappa shape index (κ3) is 4.12. The summed E-state index contributed by atoms with van der Waals surface area (Å²) in [5.74, 6) is 0.0814. The normalized spacial score (nSPS) is 11.7. The Bertz CT molecular complexity index is 352. The number of nitrogens with two attached hydrogens (primary N) is 1. The van der Waals surface area contributed by atoms with Gasteiger partial charge in [0.15, 0.2) is 0 Å². The van der Waals surface area contributed by atoms with Gasteiger partial charge in [-0.3, -0.25) is 0 Å². The number of halogens is 2. The van der Waals surface area contributed by atoms with Crippen molar-refractivity contribution in [3.63, 3.8) is 0 Å². The van der Waals surface area contributed by atoms with Crippen molar-refractivity contribution in [2.75, 3.05) is 0 Å². The molecule has 4 heteroatoms. The lowest BCUT2D eigenvalue weighted by Gasteiger charge is -2.12. The summed E-state index contributed by atoms with van der Waals surface area (Å²) in [4.78, 5) is 0. The molecule has 0 aliphatic heterocycles. The van der Waals surface area contributed by atoms with Gasteiger partial charge in [-0.05, 0) is 31.0 Å². The Hall–Kier alpha value is -0.700. The standard InChI is InChI=1S/C11H14ClNO.ClH/c1-7(2)5-10(13)8-3-4-11(14)9(12)6-8;/h3-4,6,10,14H,1,5,13H2,2H3;1H/t10-;/m0./s1. The maximum atomic E-state index is 9.22. The molecule has 1 aromatic rings. The molecule has 1 rings (SSSR count). The van der Waals surface area contributed by atoms with E-state index in [2.05, 4.69) is 6.58 Å². The van der Waals surface area contributed by atoms with E-state index in [0.29, 0.717) is 5.02 Å². The quantitative estimate of drug-likeness (QED) is 0.805. The molecule has 0 bridgehead atoms. The van der Waals surface area contributed by atoms with Gasteiger partial charge >= 0.3 is 0 Å². The Balaban J connectivity index is 0.00000196. The molecule has 84 valence electrons. The molecule has 0 aliphatic rings. The third-order valence-corrected chi connectivity index (χ3v) is 2.27. The highest BCUT2D eigenvalue weighted by molar-refractivity contribution is 6.32. The molecule has 1 atom stereocenters. The van der Waals surface area contributed by atoms with Gasteiger partial charge in [-0.1, -0.05) is 23.2 Å². The zero-order chi connectivity index (χ0) is 10.7. The molecule has 0 saturated heterocycles. The molecule has 0 fully saturated rings. The Kier molecular flexibility index (Phi) is 5.73. The summed E-state index contributed by atoms with van der Waals surface area (Å²) >= 11 is 5.77. The van der Waals surface area contributed by atoms with E-state index in [1.807, 2.05) is 6.92 Å². The second-order valence-electron chi connectivity index (χ2n) is 3.48. The van der Waals surface area contributed by atoms with E-state index in [1.165, 1.54) is 0 Å². The van der Waals surface area contributed by atoms with Gasteiger partial charge in [0.2, 0.25) is 0 Å². The summed E-state index contributed by atoms with van der Waals surface area (Å²) in [5, 5.41) is 9.55. The molecule has 2 nitrogen and oxygen atoms in total. The van der Waals surface area contributed by atoms with E-state index >= 15 is 0 Å². The molecule has 0 unspecified atom stereocenters. The molecular formula is C11H15Cl2NO. The number of rotatable bonds is 3. The van der Waals surface area contributed by atoms with Crippen LogP contribution in [0.25, 0.3) is 0 Å². The van der Waals surface area contributed by atoms with Gasteiger partial charge in [-0.25, -0.2) is 0 Å². The predicted octanol–water partition coefficient (Wildman–Crippen LogP) is 3.43. The smallest absolute Gasteiger partial charge is 0.134 e. The summed E-state index contributed by atoms with van der Waals surface area (Å²) in [7, 11) is 0. The van der Waals surface area contributed by atoms with Crippen molar-refractivity contribution in [1.29, 1.82) is 0 Å². The van der Waals surface area contributed by atoms with E-state index in [1.54, 1.807) is 18.2 Å². The van der Waals surface area contributed by atoms with Crippen molar-refractivity contribution in [2.45, 2.75) is 19.4 Å². The fourth-order valence-corrected chi connectivity index (χ4v) is 1.44. The van der Waals surface area contributed by atoms with Gasteiger partial charge < -0.3 is 10.8 Å². The summed E-state index contributed by atoms with van der Waals surface area (Å²) in [6.45, 7) is 5.73. The molecule has 15 heavy (non-hydrogen) atoms. The first kappa shape index (κ1) is 14.3. The van der Waals surface area contributed by atoms with Crippen molar-refractivity contribution in [1.82, 2.24) is 0 Å². The third-order valence-electron chi connectivity index (χ3n) is 1.97. The van der Waals surface area contributed by atoms with Gasteiger partial charge in [0.05, 0.1) is 5.02 Å². The van der Waals surface area contributed by atoms with Crippen LogP contribution in [-0.4, -0.2) is 5.11 Å². The van der Waals surface area contributed by atoms with Crippen molar-refractivity contribution >= 4 is 24.0 Å². The van der Waals surface area contributed by atoms with Crippen LogP contribution >= 0.6 is 24.0 Å². The molecule has 0 amide bonds. The summed E-state index contributed by atoms with van der Waals surface area (Å²) < 4.78 is 0. The van der Waals surface area contributed by atoms with Crippen LogP contribution in [0.3, 0.4) is 0 Å². The first-order valence-corrected chi connectivity index (χ1v) is 4.77. The molecule has 0 aromatic heterocycles. The second-order valence-corrected chi connectivity index (χ2v) is 3.89. The summed E-state index contributed by atoms with van der Waals surface area (Å²) in [5.41, 5.74) is 7.86. The number of hydrogen-bond donors (Lipinski definition) is 2. The molecule has 1 aromatic carbocycles. The number of phenolic OH excluding ortho intramolecular Hbond substituents is 1. The van der Waals surface area contributed by atoms with Crippen molar-refractivity contribution in [2.24, 2.45) is 5.73 Å². The van der Waals surface area contributed by atoms with E-state index in [9.17, 15) is 5.11 Å². The van der Waals surface area contributed by atoms with E-state index < -0.39 is 0 Å². The Morgan fingerprint density at radius 1 is 1.60 bits per heavy atom. The molecule has 0 heterocycles. The highest BCUT2D eigenvalue weighted by atomic mass is 35.5. The molecule has 0 saturated carbocycles. The minimum Gasteiger partial charge on any atom is -0.506 e. The first-order chi connectivity index (χ1) is 6.50. The zero-order valence-electron chi connectivity index (χ0n) is 8.53. The van der Waals surface area contributed by atoms with Crippen LogP contribution in [0.2, 0.25) is 5.02 Å². The van der Waals surface area contributed by atoms with Crippen LogP contribution < -0.4 is 5.73 Å². The van der Waals surface area contributed by atoms with E-state index in [-0.39, 0.29) is 24.2 Å². The first-order valence-electron chi connectivity index (χ1n) is 4.39. The van der Waals surface area contributed by atoms with Crippen LogP contribution in [0, 0.1) is 0 Å². The maximum Gasteiger partial charge on any atom is 0.134 e. The fraction of sp³-hybridized carbons (Fsp3) is 0.273. The highest BCUT2D eigenvalue weighted by Gasteiger charge is 2.08. The number of aromatic hydroxyl groups is 1. The average molecular weight is 248 g/mol. The minimum absolute atomic E-state index is 0. The van der Waals surface area contributed by atoms with Gasteiger partial charge in [0.1, 0.15) is 5.75 Å². The maximum absolute atomic E-state index is 9.22. The van der Waals surface area contributed by atoms with Crippen molar-refractivity contribution in [3.05, 3.63) is 40.9 Å². The Morgan fingerprint density at radius 2 is 2.20 bits per heavy atom. The molecular weight excluding hydrogens is 233 g/mol. The van der Waals surface area contributed by atoms with Crippen LogP contribution in [-0.2, 0) is 0 Å². The van der Waals surface area contributed by atoms with Crippen molar-refractivity contribution in [3.8, 4) is 5.75 Å². The average Bonchev–Trinajstić information content (AvgIpc) is 2.08. The van der Waals surface area contributed by atoms with Crippen molar-refractivity contribution < 1.29 is 5.11 Å². The van der Waals surface area contributed by atoms with Gasteiger partial charge in [0, 0.05) is 6.04 Å².